The van der Waals surface area contributed by atoms with Crippen molar-refractivity contribution in [1.29, 1.82) is 0 Å². The molecule has 0 unspecified atom stereocenters. The first kappa shape index (κ1) is 17.8. The Bertz CT molecular complexity index is 762. The fourth-order valence-electron chi connectivity index (χ4n) is 4.21. The minimum absolute atomic E-state index is 0.0399. The van der Waals surface area contributed by atoms with Crippen molar-refractivity contribution < 1.29 is 4.79 Å². The third-order valence-corrected chi connectivity index (χ3v) is 5.58. The average Bonchev–Trinajstić information content (AvgIpc) is 3.22. The molecule has 27 heavy (non-hydrogen) atoms. The molecule has 1 saturated heterocycles. The molecule has 1 atom stereocenters. The Balaban J connectivity index is 1.49. The second-order valence-corrected chi connectivity index (χ2v) is 7.47. The molecule has 2 aliphatic rings. The first-order valence-corrected chi connectivity index (χ1v) is 9.95. The Hall–Kier alpha value is -2.57. The van der Waals surface area contributed by atoms with E-state index >= 15 is 0 Å². The summed E-state index contributed by atoms with van der Waals surface area (Å²) in [4.78, 5) is 32.2. The fraction of sp³-hybridized carbons (Fsp3) is 0.550. The van der Waals surface area contributed by atoms with Gasteiger partial charge in [0, 0.05) is 31.6 Å². The van der Waals surface area contributed by atoms with Gasteiger partial charge in [0.1, 0.15) is 0 Å². The number of likely N-dealkylation sites (tertiary alicyclic amines) is 1. The maximum Gasteiger partial charge on any atom is 0.228 e. The zero-order chi connectivity index (χ0) is 18.5. The van der Waals surface area contributed by atoms with E-state index in [1.54, 1.807) is 24.8 Å². The summed E-state index contributed by atoms with van der Waals surface area (Å²) in [6.45, 7) is 0.827. The molecule has 1 amide bonds. The van der Waals surface area contributed by atoms with Gasteiger partial charge in [-0.05, 0) is 44.1 Å². The quantitative estimate of drug-likeness (QED) is 0.870. The van der Waals surface area contributed by atoms with Crippen molar-refractivity contribution in [2.45, 2.75) is 57.4 Å². The van der Waals surface area contributed by atoms with Crippen molar-refractivity contribution in [2.75, 3.05) is 11.9 Å². The third kappa shape index (κ3) is 4.40. The van der Waals surface area contributed by atoms with E-state index < -0.39 is 0 Å². The third-order valence-electron chi connectivity index (χ3n) is 5.58. The van der Waals surface area contributed by atoms with E-state index in [9.17, 15) is 4.79 Å². The number of rotatable bonds is 5. The van der Waals surface area contributed by atoms with Crippen molar-refractivity contribution >= 4 is 17.7 Å². The molecule has 2 fully saturated rings. The standard InChI is InChI=1S/C20H26N6O/c27-19(13-15-5-1-2-6-15)26-12-4-3-7-17(26)16-8-9-23-20(24-16)25-18-14-21-10-11-22-18/h8-11,14-15,17H,1-7,12-13H2,(H,22,23,24,25)/t17-/m0/s1. The van der Waals surface area contributed by atoms with Crippen molar-refractivity contribution in [3.63, 3.8) is 0 Å². The summed E-state index contributed by atoms with van der Waals surface area (Å²) >= 11 is 0. The summed E-state index contributed by atoms with van der Waals surface area (Å²) in [5.74, 6) is 1.95. The second kappa shape index (κ2) is 8.41. The van der Waals surface area contributed by atoms with E-state index in [0.29, 0.717) is 24.1 Å². The monoisotopic (exact) mass is 366 g/mol. The van der Waals surface area contributed by atoms with Gasteiger partial charge in [0.2, 0.25) is 11.9 Å². The smallest absolute Gasteiger partial charge is 0.228 e. The Morgan fingerprint density at radius 3 is 2.74 bits per heavy atom. The molecule has 0 bridgehead atoms. The van der Waals surface area contributed by atoms with E-state index in [1.807, 2.05) is 6.07 Å². The zero-order valence-electron chi connectivity index (χ0n) is 15.5. The van der Waals surface area contributed by atoms with E-state index in [0.717, 1.165) is 31.5 Å². The Morgan fingerprint density at radius 2 is 1.93 bits per heavy atom. The molecule has 7 nitrogen and oxygen atoms in total. The molecule has 1 N–H and O–H groups in total. The second-order valence-electron chi connectivity index (χ2n) is 7.47. The number of aromatic nitrogens is 4. The molecule has 4 rings (SSSR count). The summed E-state index contributed by atoms with van der Waals surface area (Å²) in [7, 11) is 0. The molecule has 3 heterocycles. The average molecular weight is 366 g/mol. The summed E-state index contributed by atoms with van der Waals surface area (Å²) in [5.41, 5.74) is 0.899. The minimum Gasteiger partial charge on any atom is -0.334 e. The number of piperidine rings is 1. The normalized spacial score (nSPS) is 20.6. The van der Waals surface area contributed by atoms with Crippen LogP contribution in [0.15, 0.2) is 30.9 Å². The van der Waals surface area contributed by atoms with Crippen molar-refractivity contribution in [1.82, 2.24) is 24.8 Å². The van der Waals surface area contributed by atoms with E-state index in [-0.39, 0.29) is 11.9 Å². The van der Waals surface area contributed by atoms with Crippen LogP contribution in [-0.2, 0) is 4.79 Å². The highest BCUT2D eigenvalue weighted by molar-refractivity contribution is 5.77. The molecular formula is C20H26N6O. The predicted molar refractivity (Wildman–Crippen MR) is 102 cm³/mol. The molecule has 7 heteroatoms. The first-order chi connectivity index (χ1) is 13.3. The highest BCUT2D eigenvalue weighted by atomic mass is 16.2. The number of carbonyl (C=O) groups is 1. The van der Waals surface area contributed by atoms with Crippen molar-refractivity contribution in [2.24, 2.45) is 5.92 Å². The van der Waals surface area contributed by atoms with Crippen LogP contribution in [0.4, 0.5) is 11.8 Å². The molecule has 1 saturated carbocycles. The van der Waals surface area contributed by atoms with Crippen LogP contribution in [0.25, 0.3) is 0 Å². The van der Waals surface area contributed by atoms with Crippen LogP contribution < -0.4 is 5.32 Å². The van der Waals surface area contributed by atoms with Gasteiger partial charge in [0.15, 0.2) is 5.82 Å². The Morgan fingerprint density at radius 1 is 1.07 bits per heavy atom. The summed E-state index contributed by atoms with van der Waals surface area (Å²) in [5, 5.41) is 3.09. The molecule has 0 aromatic carbocycles. The topological polar surface area (TPSA) is 83.9 Å². The first-order valence-electron chi connectivity index (χ1n) is 9.95. The van der Waals surface area contributed by atoms with E-state index in [2.05, 4.69) is 30.2 Å². The highest BCUT2D eigenvalue weighted by Crippen LogP contribution is 2.33. The van der Waals surface area contributed by atoms with E-state index in [4.69, 9.17) is 0 Å². The van der Waals surface area contributed by atoms with Crippen LogP contribution in [0.5, 0.6) is 0 Å². The lowest BCUT2D eigenvalue weighted by Crippen LogP contribution is -2.39. The number of hydrogen-bond donors (Lipinski definition) is 1. The molecule has 1 aliphatic carbocycles. The van der Waals surface area contributed by atoms with Crippen LogP contribution >= 0.6 is 0 Å². The van der Waals surface area contributed by atoms with Crippen LogP contribution in [0, 0.1) is 5.92 Å². The van der Waals surface area contributed by atoms with Crippen molar-refractivity contribution in [3.8, 4) is 0 Å². The molecule has 1 aliphatic heterocycles. The summed E-state index contributed by atoms with van der Waals surface area (Å²) in [6.07, 6.45) is 15.4. The number of nitrogens with zero attached hydrogens (tertiary/aromatic N) is 5. The van der Waals surface area contributed by atoms with E-state index in [1.165, 1.54) is 25.7 Å². The van der Waals surface area contributed by atoms with Gasteiger partial charge in [-0.25, -0.2) is 15.0 Å². The SMILES string of the molecule is O=C(CC1CCCC1)N1CCCC[C@H]1c1ccnc(Nc2cnccn2)n1. The number of hydrogen-bond acceptors (Lipinski definition) is 6. The number of amides is 1. The van der Waals surface area contributed by atoms with Crippen LogP contribution in [0.3, 0.4) is 0 Å². The van der Waals surface area contributed by atoms with Gasteiger partial charge >= 0.3 is 0 Å². The Kier molecular flexibility index (Phi) is 5.55. The van der Waals surface area contributed by atoms with Gasteiger partial charge in [-0.1, -0.05) is 12.8 Å². The lowest BCUT2D eigenvalue weighted by Gasteiger charge is -2.36. The Labute approximate surface area is 159 Å². The summed E-state index contributed by atoms with van der Waals surface area (Å²) < 4.78 is 0. The molecule has 0 spiro atoms. The molecule has 2 aromatic rings. The highest BCUT2D eigenvalue weighted by Gasteiger charge is 2.31. The zero-order valence-corrected chi connectivity index (χ0v) is 15.5. The van der Waals surface area contributed by atoms with Crippen LogP contribution in [-0.4, -0.2) is 37.3 Å². The lowest BCUT2D eigenvalue weighted by atomic mass is 9.96. The molecule has 2 aromatic heterocycles. The fourth-order valence-corrected chi connectivity index (χ4v) is 4.21. The molecule has 0 radical (unpaired) electrons. The van der Waals surface area contributed by atoms with Gasteiger partial charge in [0.05, 0.1) is 17.9 Å². The van der Waals surface area contributed by atoms with Gasteiger partial charge in [-0.15, -0.1) is 0 Å². The van der Waals surface area contributed by atoms with Crippen LogP contribution in [0.2, 0.25) is 0 Å². The van der Waals surface area contributed by atoms with Gasteiger partial charge in [0.25, 0.3) is 0 Å². The van der Waals surface area contributed by atoms with Gasteiger partial charge in [-0.2, -0.15) is 0 Å². The molecular weight excluding hydrogens is 340 g/mol. The number of nitrogens with one attached hydrogen (secondary N) is 1. The minimum atomic E-state index is 0.0399. The largest absolute Gasteiger partial charge is 0.334 e. The van der Waals surface area contributed by atoms with Crippen LogP contribution in [0.1, 0.15) is 63.1 Å². The maximum absolute atomic E-state index is 13.0. The maximum atomic E-state index is 13.0. The van der Waals surface area contributed by atoms with Gasteiger partial charge in [-0.3, -0.25) is 9.78 Å². The van der Waals surface area contributed by atoms with Gasteiger partial charge < -0.3 is 10.2 Å². The lowest BCUT2D eigenvalue weighted by molar-refractivity contribution is -0.136. The van der Waals surface area contributed by atoms with Crippen molar-refractivity contribution in [3.05, 3.63) is 36.5 Å². The predicted octanol–water partition coefficient (Wildman–Crippen LogP) is 3.64. The number of carbonyl (C=O) groups excluding carboxylic acids is 1. The molecule has 142 valence electrons. The number of anilines is 2. The summed E-state index contributed by atoms with van der Waals surface area (Å²) in [6, 6.07) is 1.96.